The van der Waals surface area contributed by atoms with Crippen LogP contribution in [0.4, 0.5) is 0 Å². The van der Waals surface area contributed by atoms with Crippen molar-refractivity contribution in [1.29, 1.82) is 0 Å². The summed E-state index contributed by atoms with van der Waals surface area (Å²) in [5.74, 6) is 0.950. The third-order valence-corrected chi connectivity index (χ3v) is 8.12. The van der Waals surface area contributed by atoms with E-state index in [-0.39, 0.29) is 18.5 Å². The SMILES string of the molecule is Cc1csc(S(=O)(=O)NCc2ccc3c(c2)C(Cc2ccccc2)C(N)CO3)c1. The van der Waals surface area contributed by atoms with Crippen molar-refractivity contribution in [2.24, 2.45) is 5.73 Å². The predicted molar refractivity (Wildman–Crippen MR) is 116 cm³/mol. The van der Waals surface area contributed by atoms with Crippen molar-refractivity contribution >= 4 is 21.4 Å². The van der Waals surface area contributed by atoms with E-state index < -0.39 is 10.0 Å². The second kappa shape index (κ2) is 8.28. The van der Waals surface area contributed by atoms with Crippen LogP contribution in [0.1, 0.15) is 28.2 Å². The Morgan fingerprint density at radius 2 is 1.93 bits per heavy atom. The zero-order valence-corrected chi connectivity index (χ0v) is 17.8. The Morgan fingerprint density at radius 1 is 1.14 bits per heavy atom. The van der Waals surface area contributed by atoms with Gasteiger partial charge in [0.15, 0.2) is 0 Å². The molecule has 0 saturated carbocycles. The first-order chi connectivity index (χ1) is 13.9. The summed E-state index contributed by atoms with van der Waals surface area (Å²) in [5, 5.41) is 1.83. The van der Waals surface area contributed by atoms with Gasteiger partial charge >= 0.3 is 0 Å². The summed E-state index contributed by atoms with van der Waals surface area (Å²) in [6.07, 6.45) is 0.821. The fourth-order valence-electron chi connectivity index (χ4n) is 3.59. The number of thiophene rings is 1. The molecule has 0 radical (unpaired) electrons. The van der Waals surface area contributed by atoms with E-state index >= 15 is 0 Å². The van der Waals surface area contributed by atoms with Gasteiger partial charge in [-0.3, -0.25) is 0 Å². The van der Waals surface area contributed by atoms with Crippen molar-refractivity contribution in [3.63, 3.8) is 0 Å². The molecule has 2 heterocycles. The van der Waals surface area contributed by atoms with E-state index in [9.17, 15) is 8.42 Å². The summed E-state index contributed by atoms with van der Waals surface area (Å²) in [6.45, 7) is 2.59. The maximum atomic E-state index is 12.5. The summed E-state index contributed by atoms with van der Waals surface area (Å²) in [4.78, 5) is 0. The van der Waals surface area contributed by atoms with Gasteiger partial charge in [-0.1, -0.05) is 42.5 Å². The number of rotatable bonds is 6. The Labute approximate surface area is 175 Å². The Bertz CT molecular complexity index is 1090. The van der Waals surface area contributed by atoms with Gasteiger partial charge in [0.25, 0.3) is 0 Å². The minimum Gasteiger partial charge on any atom is -0.492 e. The van der Waals surface area contributed by atoms with Crippen LogP contribution in [0.25, 0.3) is 0 Å². The predicted octanol–water partition coefficient (Wildman–Crippen LogP) is 3.58. The number of nitrogens with two attached hydrogens (primary N) is 1. The lowest BCUT2D eigenvalue weighted by atomic mass is 9.84. The fraction of sp³-hybridized carbons (Fsp3) is 0.273. The molecule has 2 aromatic carbocycles. The standard InChI is InChI=1S/C22H24N2O3S2/c1-15-9-22(28-14-15)29(25,26)24-12-17-7-8-21-19(11-17)18(20(23)13-27-21)10-16-5-3-2-4-6-16/h2-9,11,14,18,20,24H,10,12-13,23H2,1H3. The highest BCUT2D eigenvalue weighted by Crippen LogP contribution is 2.36. The molecule has 3 N–H and O–H groups in total. The lowest BCUT2D eigenvalue weighted by Crippen LogP contribution is -2.39. The molecule has 29 heavy (non-hydrogen) atoms. The van der Waals surface area contributed by atoms with Gasteiger partial charge in [0.05, 0.1) is 0 Å². The van der Waals surface area contributed by atoms with Crippen LogP contribution in [-0.2, 0) is 23.0 Å². The first-order valence-corrected chi connectivity index (χ1v) is 11.9. The van der Waals surface area contributed by atoms with E-state index in [1.54, 1.807) is 6.07 Å². The minimum absolute atomic E-state index is 0.108. The number of hydrogen-bond acceptors (Lipinski definition) is 5. The molecule has 2 atom stereocenters. The average Bonchev–Trinajstić information content (AvgIpc) is 3.17. The number of nitrogens with one attached hydrogen (secondary N) is 1. The van der Waals surface area contributed by atoms with Gasteiger partial charge in [-0.25, -0.2) is 13.1 Å². The van der Waals surface area contributed by atoms with Crippen molar-refractivity contribution in [2.45, 2.75) is 36.1 Å². The van der Waals surface area contributed by atoms with E-state index in [0.717, 1.165) is 28.9 Å². The van der Waals surface area contributed by atoms with Crippen LogP contribution in [-0.4, -0.2) is 21.1 Å². The number of ether oxygens (including phenoxy) is 1. The molecule has 4 rings (SSSR count). The maximum absolute atomic E-state index is 12.5. The lowest BCUT2D eigenvalue weighted by molar-refractivity contribution is 0.238. The monoisotopic (exact) mass is 428 g/mol. The molecule has 1 aliphatic heterocycles. The first-order valence-electron chi connectivity index (χ1n) is 9.52. The molecular formula is C22H24N2O3S2. The lowest BCUT2D eigenvalue weighted by Gasteiger charge is -2.32. The normalized spacial score (nSPS) is 18.8. The van der Waals surface area contributed by atoms with Crippen molar-refractivity contribution in [3.8, 4) is 5.75 Å². The second-order valence-corrected chi connectivity index (χ2v) is 10.3. The van der Waals surface area contributed by atoms with Gasteiger partial charge in [-0.15, -0.1) is 11.3 Å². The minimum atomic E-state index is -3.52. The summed E-state index contributed by atoms with van der Waals surface area (Å²) < 4.78 is 33.9. The van der Waals surface area contributed by atoms with Gasteiger partial charge in [0, 0.05) is 18.5 Å². The molecule has 3 aromatic rings. The van der Waals surface area contributed by atoms with Crippen LogP contribution in [0.2, 0.25) is 0 Å². The number of benzene rings is 2. The van der Waals surface area contributed by atoms with E-state index in [4.69, 9.17) is 10.5 Å². The highest BCUT2D eigenvalue weighted by molar-refractivity contribution is 7.91. The Hall–Kier alpha value is -2.19. The van der Waals surface area contributed by atoms with Gasteiger partial charge in [0.2, 0.25) is 10.0 Å². The quantitative estimate of drug-likeness (QED) is 0.629. The Morgan fingerprint density at radius 3 is 2.66 bits per heavy atom. The molecule has 1 aromatic heterocycles. The number of fused-ring (bicyclic) bond motifs is 1. The summed E-state index contributed by atoms with van der Waals surface area (Å²) in [5.41, 5.74) is 10.5. The first kappa shape index (κ1) is 20.1. The molecular weight excluding hydrogens is 404 g/mol. The van der Waals surface area contributed by atoms with Crippen LogP contribution < -0.4 is 15.2 Å². The van der Waals surface area contributed by atoms with Crippen molar-refractivity contribution in [2.75, 3.05) is 6.61 Å². The van der Waals surface area contributed by atoms with Gasteiger partial charge in [0.1, 0.15) is 16.6 Å². The molecule has 0 spiro atoms. The molecule has 7 heteroatoms. The van der Waals surface area contributed by atoms with Gasteiger partial charge in [-0.05, 0) is 53.1 Å². The van der Waals surface area contributed by atoms with Crippen LogP contribution in [0.3, 0.4) is 0 Å². The van der Waals surface area contributed by atoms with Crippen molar-refractivity contribution in [3.05, 3.63) is 82.2 Å². The van der Waals surface area contributed by atoms with Crippen LogP contribution in [0, 0.1) is 6.92 Å². The third kappa shape index (κ3) is 4.53. The van der Waals surface area contributed by atoms with Gasteiger partial charge < -0.3 is 10.5 Å². The molecule has 0 fully saturated rings. The summed E-state index contributed by atoms with van der Waals surface area (Å²) >= 11 is 1.23. The molecule has 0 amide bonds. The second-order valence-electron chi connectivity index (χ2n) is 7.41. The molecule has 1 aliphatic rings. The zero-order valence-electron chi connectivity index (χ0n) is 16.2. The van der Waals surface area contributed by atoms with Crippen LogP contribution in [0.5, 0.6) is 5.75 Å². The van der Waals surface area contributed by atoms with Crippen molar-refractivity contribution in [1.82, 2.24) is 4.72 Å². The molecule has 0 saturated heterocycles. The van der Waals surface area contributed by atoms with E-state index in [1.807, 2.05) is 48.7 Å². The highest BCUT2D eigenvalue weighted by atomic mass is 32.2. The molecule has 0 aliphatic carbocycles. The number of aryl methyl sites for hydroxylation is 1. The molecule has 5 nitrogen and oxygen atoms in total. The number of hydrogen-bond donors (Lipinski definition) is 2. The smallest absolute Gasteiger partial charge is 0.250 e. The maximum Gasteiger partial charge on any atom is 0.250 e. The van der Waals surface area contributed by atoms with E-state index in [1.165, 1.54) is 16.9 Å². The Balaban J connectivity index is 1.55. The topological polar surface area (TPSA) is 81.4 Å². The fourth-order valence-corrected chi connectivity index (χ4v) is 5.88. The van der Waals surface area contributed by atoms with E-state index in [2.05, 4.69) is 16.9 Å². The van der Waals surface area contributed by atoms with Crippen molar-refractivity contribution < 1.29 is 13.2 Å². The van der Waals surface area contributed by atoms with Gasteiger partial charge in [-0.2, -0.15) is 0 Å². The largest absolute Gasteiger partial charge is 0.492 e. The number of sulfonamides is 1. The Kier molecular flexibility index (Phi) is 5.74. The zero-order chi connectivity index (χ0) is 20.4. The third-order valence-electron chi connectivity index (χ3n) is 5.16. The molecule has 152 valence electrons. The summed E-state index contributed by atoms with van der Waals surface area (Å²) in [6, 6.07) is 17.7. The molecule has 2 unspecified atom stereocenters. The summed E-state index contributed by atoms with van der Waals surface area (Å²) in [7, 11) is -3.52. The van der Waals surface area contributed by atoms with Crippen LogP contribution >= 0.6 is 11.3 Å². The molecule has 0 bridgehead atoms. The average molecular weight is 429 g/mol. The van der Waals surface area contributed by atoms with E-state index in [0.29, 0.717) is 10.8 Å². The highest BCUT2D eigenvalue weighted by Gasteiger charge is 2.29. The van der Waals surface area contributed by atoms with Crippen LogP contribution in [0.15, 0.2) is 64.2 Å².